The van der Waals surface area contributed by atoms with Gasteiger partial charge in [-0.2, -0.15) is 0 Å². The molecular formula is C10H17ClN2O3S. The average Bonchev–Trinajstić information content (AvgIpc) is 2.27. The second kappa shape index (κ2) is 6.80. The number of rotatable bonds is 5. The number of hydrogen-bond donors (Lipinski definition) is 2. The van der Waals surface area contributed by atoms with Crippen LogP contribution in [-0.4, -0.2) is 28.6 Å². The van der Waals surface area contributed by atoms with E-state index in [9.17, 15) is 8.42 Å². The highest BCUT2D eigenvalue weighted by Crippen LogP contribution is 2.21. The molecule has 0 saturated heterocycles. The highest BCUT2D eigenvalue weighted by atomic mass is 35.5. The fourth-order valence-electron chi connectivity index (χ4n) is 1.24. The zero-order valence-electron chi connectivity index (χ0n) is 9.76. The van der Waals surface area contributed by atoms with Gasteiger partial charge in [-0.25, -0.2) is 13.1 Å². The highest BCUT2D eigenvalue weighted by molar-refractivity contribution is 7.89. The summed E-state index contributed by atoms with van der Waals surface area (Å²) < 4.78 is 30.6. The van der Waals surface area contributed by atoms with Crippen LogP contribution in [0, 0.1) is 6.92 Å². The van der Waals surface area contributed by atoms with E-state index in [1.54, 1.807) is 19.1 Å². The van der Waals surface area contributed by atoms with Crippen LogP contribution in [-0.2, 0) is 10.0 Å². The predicted molar refractivity (Wildman–Crippen MR) is 69.2 cm³/mol. The summed E-state index contributed by atoms with van der Waals surface area (Å²) in [6, 6.07) is 4.71. The molecule has 0 aliphatic carbocycles. The molecule has 0 aliphatic rings. The van der Waals surface area contributed by atoms with Gasteiger partial charge in [-0.3, -0.25) is 0 Å². The minimum Gasteiger partial charge on any atom is -0.492 e. The Labute approximate surface area is 108 Å². The average molecular weight is 281 g/mol. The van der Waals surface area contributed by atoms with Crippen LogP contribution in [0.5, 0.6) is 5.75 Å². The van der Waals surface area contributed by atoms with Crippen molar-refractivity contribution in [1.29, 1.82) is 0 Å². The molecule has 0 bridgehead atoms. The van der Waals surface area contributed by atoms with Crippen molar-refractivity contribution >= 4 is 22.4 Å². The van der Waals surface area contributed by atoms with Crippen molar-refractivity contribution in [3.05, 3.63) is 23.8 Å². The monoisotopic (exact) mass is 280 g/mol. The number of aryl methyl sites for hydroxylation is 1. The molecule has 98 valence electrons. The first-order chi connectivity index (χ1) is 7.51. The number of halogens is 1. The molecule has 7 heteroatoms. The molecule has 0 aromatic heterocycles. The van der Waals surface area contributed by atoms with Crippen LogP contribution in [0.4, 0.5) is 0 Å². The van der Waals surface area contributed by atoms with Crippen LogP contribution in [0.15, 0.2) is 23.1 Å². The molecule has 0 atom stereocenters. The number of ether oxygens (including phenoxy) is 1. The molecular weight excluding hydrogens is 264 g/mol. The summed E-state index contributed by atoms with van der Waals surface area (Å²) in [5.74, 6) is 0.653. The Morgan fingerprint density at radius 3 is 2.53 bits per heavy atom. The summed E-state index contributed by atoms with van der Waals surface area (Å²) in [6.45, 7) is 2.63. The second-order valence-corrected chi connectivity index (χ2v) is 5.16. The Morgan fingerprint density at radius 2 is 2.06 bits per heavy atom. The summed E-state index contributed by atoms with van der Waals surface area (Å²) in [6.07, 6.45) is 0. The highest BCUT2D eigenvalue weighted by Gasteiger charge is 2.12. The lowest BCUT2D eigenvalue weighted by molar-refractivity contribution is 0.326. The molecule has 0 spiro atoms. The van der Waals surface area contributed by atoms with Gasteiger partial charge in [0.1, 0.15) is 12.4 Å². The van der Waals surface area contributed by atoms with Gasteiger partial charge in [0.05, 0.1) is 4.90 Å². The van der Waals surface area contributed by atoms with Crippen molar-refractivity contribution in [2.24, 2.45) is 5.73 Å². The molecule has 0 fully saturated rings. The molecule has 5 nitrogen and oxygen atoms in total. The van der Waals surface area contributed by atoms with Crippen molar-refractivity contribution in [2.45, 2.75) is 11.8 Å². The first-order valence-corrected chi connectivity index (χ1v) is 6.36. The van der Waals surface area contributed by atoms with E-state index in [0.717, 1.165) is 5.56 Å². The van der Waals surface area contributed by atoms with Gasteiger partial charge >= 0.3 is 0 Å². The summed E-state index contributed by atoms with van der Waals surface area (Å²) >= 11 is 0. The zero-order valence-corrected chi connectivity index (χ0v) is 11.4. The third-order valence-electron chi connectivity index (χ3n) is 2.10. The predicted octanol–water partition coefficient (Wildman–Crippen LogP) is 0.662. The van der Waals surface area contributed by atoms with Crippen LogP contribution in [0.2, 0.25) is 0 Å². The number of nitrogens with two attached hydrogens (primary N) is 1. The van der Waals surface area contributed by atoms with Gasteiger partial charge in [0.25, 0.3) is 0 Å². The molecule has 1 aromatic carbocycles. The van der Waals surface area contributed by atoms with Crippen LogP contribution < -0.4 is 15.2 Å². The van der Waals surface area contributed by atoms with Crippen molar-refractivity contribution in [1.82, 2.24) is 4.72 Å². The first-order valence-electron chi connectivity index (χ1n) is 4.88. The molecule has 0 radical (unpaired) electrons. The molecule has 17 heavy (non-hydrogen) atoms. The molecule has 1 rings (SSSR count). The fraction of sp³-hybridized carbons (Fsp3) is 0.400. The van der Waals surface area contributed by atoms with E-state index >= 15 is 0 Å². The molecule has 1 aromatic rings. The Morgan fingerprint density at radius 1 is 1.41 bits per heavy atom. The molecule has 0 heterocycles. The molecule has 0 saturated carbocycles. The normalized spacial score (nSPS) is 10.8. The van der Waals surface area contributed by atoms with E-state index in [1.807, 2.05) is 0 Å². The van der Waals surface area contributed by atoms with Gasteiger partial charge in [-0.15, -0.1) is 12.4 Å². The lowest BCUT2D eigenvalue weighted by atomic mass is 10.2. The van der Waals surface area contributed by atoms with E-state index in [4.69, 9.17) is 10.5 Å². The quantitative estimate of drug-likeness (QED) is 0.830. The zero-order chi connectivity index (χ0) is 12.2. The molecule has 0 amide bonds. The third-order valence-corrected chi connectivity index (χ3v) is 3.51. The Balaban J connectivity index is 0.00000256. The van der Waals surface area contributed by atoms with Crippen LogP contribution in [0.1, 0.15) is 5.56 Å². The van der Waals surface area contributed by atoms with Gasteiger partial charge in [0.2, 0.25) is 10.0 Å². The maximum Gasteiger partial charge on any atom is 0.240 e. The van der Waals surface area contributed by atoms with Gasteiger partial charge in [-0.05, 0) is 37.7 Å². The second-order valence-electron chi connectivity index (χ2n) is 3.27. The summed E-state index contributed by atoms with van der Waals surface area (Å²) in [5, 5.41) is 0. The Bertz CT molecular complexity index is 463. The Kier molecular flexibility index (Phi) is 6.48. The minimum absolute atomic E-state index is 0. The van der Waals surface area contributed by atoms with E-state index in [2.05, 4.69) is 4.72 Å². The summed E-state index contributed by atoms with van der Waals surface area (Å²) in [5.41, 5.74) is 6.08. The van der Waals surface area contributed by atoms with E-state index in [0.29, 0.717) is 18.9 Å². The number of nitrogens with one attached hydrogen (secondary N) is 1. The van der Waals surface area contributed by atoms with Gasteiger partial charge in [-0.1, -0.05) is 0 Å². The standard InChI is InChI=1S/C10H16N2O3S.ClH/c1-8-7-9(16(13,14)12-2)3-4-10(8)15-6-5-11;/h3-4,7,12H,5-6,11H2,1-2H3;1H. The van der Waals surface area contributed by atoms with Crippen molar-refractivity contribution in [2.75, 3.05) is 20.2 Å². The largest absolute Gasteiger partial charge is 0.492 e. The van der Waals surface area contributed by atoms with E-state index in [1.165, 1.54) is 13.1 Å². The van der Waals surface area contributed by atoms with Gasteiger partial charge in [0, 0.05) is 6.54 Å². The molecule has 0 aliphatic heterocycles. The summed E-state index contributed by atoms with van der Waals surface area (Å²) in [4.78, 5) is 0.229. The molecule has 0 unspecified atom stereocenters. The number of hydrogen-bond acceptors (Lipinski definition) is 4. The molecule has 3 N–H and O–H groups in total. The first kappa shape index (κ1) is 16.2. The SMILES string of the molecule is CNS(=O)(=O)c1ccc(OCCN)c(C)c1.Cl. The third kappa shape index (κ3) is 4.16. The summed E-state index contributed by atoms with van der Waals surface area (Å²) in [7, 11) is -2.01. The van der Waals surface area contributed by atoms with Gasteiger partial charge in [0.15, 0.2) is 0 Å². The Hall–Kier alpha value is -0.820. The van der Waals surface area contributed by atoms with E-state index < -0.39 is 10.0 Å². The van der Waals surface area contributed by atoms with Crippen LogP contribution in [0.25, 0.3) is 0 Å². The van der Waals surface area contributed by atoms with Gasteiger partial charge < -0.3 is 10.5 Å². The lowest BCUT2D eigenvalue weighted by Gasteiger charge is -2.09. The van der Waals surface area contributed by atoms with Crippen molar-refractivity contribution in [3.63, 3.8) is 0 Å². The van der Waals surface area contributed by atoms with Crippen molar-refractivity contribution < 1.29 is 13.2 Å². The number of sulfonamides is 1. The number of benzene rings is 1. The van der Waals surface area contributed by atoms with E-state index in [-0.39, 0.29) is 17.3 Å². The van der Waals surface area contributed by atoms with Crippen LogP contribution in [0.3, 0.4) is 0 Å². The minimum atomic E-state index is -3.39. The maximum absolute atomic E-state index is 11.5. The van der Waals surface area contributed by atoms with Crippen LogP contribution >= 0.6 is 12.4 Å². The maximum atomic E-state index is 11.5. The van der Waals surface area contributed by atoms with Crippen molar-refractivity contribution in [3.8, 4) is 5.75 Å². The fourth-order valence-corrected chi connectivity index (χ4v) is 2.05. The smallest absolute Gasteiger partial charge is 0.240 e. The lowest BCUT2D eigenvalue weighted by Crippen LogP contribution is -2.18. The topological polar surface area (TPSA) is 81.4 Å².